The van der Waals surface area contributed by atoms with Crippen LogP contribution in [0.3, 0.4) is 0 Å². The van der Waals surface area contributed by atoms with Crippen LogP contribution in [0, 0.1) is 0 Å². The number of benzene rings is 2. The van der Waals surface area contributed by atoms with Crippen molar-refractivity contribution in [3.63, 3.8) is 0 Å². The predicted molar refractivity (Wildman–Crippen MR) is 135 cm³/mol. The van der Waals surface area contributed by atoms with Crippen LogP contribution in [-0.4, -0.2) is 72.7 Å². The Morgan fingerprint density at radius 1 is 1.03 bits per heavy atom. The zero-order valence-electron chi connectivity index (χ0n) is 19.7. The molecule has 3 aromatic rings. The molecule has 0 spiro atoms. The van der Waals surface area contributed by atoms with Gasteiger partial charge in [-0.15, -0.1) is 11.3 Å². The first-order valence-corrected chi connectivity index (χ1v) is 13.7. The van der Waals surface area contributed by atoms with Crippen LogP contribution >= 0.6 is 11.3 Å². The molecule has 7 nitrogen and oxygen atoms in total. The van der Waals surface area contributed by atoms with Crippen molar-refractivity contribution in [3.8, 4) is 10.6 Å². The third-order valence-corrected chi connectivity index (χ3v) is 9.11. The van der Waals surface area contributed by atoms with Crippen molar-refractivity contribution >= 4 is 27.3 Å². The summed E-state index contributed by atoms with van der Waals surface area (Å²) in [7, 11) is -2.00. The number of hydrogen-bond acceptors (Lipinski definition) is 6. The van der Waals surface area contributed by atoms with Crippen molar-refractivity contribution in [2.75, 3.05) is 33.2 Å². The van der Waals surface area contributed by atoms with Gasteiger partial charge in [0.15, 0.2) is 0 Å². The van der Waals surface area contributed by atoms with E-state index in [1.165, 1.54) is 16.4 Å². The number of sulfonamides is 1. The van der Waals surface area contributed by atoms with Gasteiger partial charge >= 0.3 is 0 Å². The highest BCUT2D eigenvalue weighted by atomic mass is 32.2. The molecule has 34 heavy (non-hydrogen) atoms. The van der Waals surface area contributed by atoms with E-state index in [2.05, 4.69) is 22.4 Å². The van der Waals surface area contributed by atoms with Crippen LogP contribution in [0.5, 0.6) is 0 Å². The average molecular weight is 499 g/mol. The van der Waals surface area contributed by atoms with Gasteiger partial charge in [-0.05, 0) is 38.1 Å². The Balaban J connectivity index is 1.33. The molecule has 2 heterocycles. The summed E-state index contributed by atoms with van der Waals surface area (Å²) < 4.78 is 26.6. The average Bonchev–Trinajstić information content (AvgIpc) is 3.32. The molecule has 0 atom stereocenters. The van der Waals surface area contributed by atoms with Crippen molar-refractivity contribution in [1.29, 1.82) is 0 Å². The van der Waals surface area contributed by atoms with Crippen molar-refractivity contribution < 1.29 is 13.2 Å². The zero-order valence-corrected chi connectivity index (χ0v) is 21.3. The van der Waals surface area contributed by atoms with Crippen molar-refractivity contribution in [3.05, 3.63) is 71.2 Å². The van der Waals surface area contributed by atoms with Crippen LogP contribution in [0.2, 0.25) is 0 Å². The molecule has 180 valence electrons. The summed E-state index contributed by atoms with van der Waals surface area (Å²) >= 11 is 1.65. The molecule has 1 aliphatic heterocycles. The summed E-state index contributed by atoms with van der Waals surface area (Å²) in [5.41, 5.74) is 2.68. The van der Waals surface area contributed by atoms with Crippen LogP contribution in [0.1, 0.15) is 29.9 Å². The van der Waals surface area contributed by atoms with Gasteiger partial charge in [0.25, 0.3) is 5.91 Å². The monoisotopic (exact) mass is 498 g/mol. The van der Waals surface area contributed by atoms with E-state index in [0.717, 1.165) is 35.9 Å². The Kier molecular flexibility index (Phi) is 7.47. The van der Waals surface area contributed by atoms with Crippen LogP contribution < -0.4 is 0 Å². The second kappa shape index (κ2) is 10.4. The lowest BCUT2D eigenvalue weighted by Gasteiger charge is -2.34. The summed E-state index contributed by atoms with van der Waals surface area (Å²) in [6, 6.07) is 16.3. The highest BCUT2D eigenvalue weighted by Crippen LogP contribution is 2.24. The molecule has 0 aliphatic carbocycles. The molecule has 4 rings (SSSR count). The Labute approximate surface area is 205 Å². The number of carbonyl (C=O) groups excluding carboxylic acids is 1. The van der Waals surface area contributed by atoms with Crippen molar-refractivity contribution in [1.82, 2.24) is 19.1 Å². The van der Waals surface area contributed by atoms with E-state index in [-0.39, 0.29) is 16.8 Å². The second-order valence-electron chi connectivity index (χ2n) is 8.72. The second-order valence-corrected chi connectivity index (χ2v) is 11.6. The van der Waals surface area contributed by atoms with E-state index in [9.17, 15) is 13.2 Å². The molecular weight excluding hydrogens is 468 g/mol. The largest absolute Gasteiger partial charge is 0.336 e. The van der Waals surface area contributed by atoms with Gasteiger partial charge in [0.2, 0.25) is 10.0 Å². The highest BCUT2D eigenvalue weighted by Gasteiger charge is 2.25. The van der Waals surface area contributed by atoms with Crippen molar-refractivity contribution in [2.45, 2.75) is 31.3 Å². The van der Waals surface area contributed by atoms with Crippen LogP contribution in [-0.2, 0) is 16.6 Å². The molecule has 0 radical (unpaired) electrons. The predicted octanol–water partition coefficient (Wildman–Crippen LogP) is 3.80. The fraction of sp³-hybridized carbons (Fsp3) is 0.360. The van der Waals surface area contributed by atoms with E-state index in [4.69, 9.17) is 4.98 Å². The number of aromatic nitrogens is 1. The van der Waals surface area contributed by atoms with Gasteiger partial charge in [-0.1, -0.05) is 30.3 Å². The maximum Gasteiger partial charge on any atom is 0.253 e. The molecule has 9 heteroatoms. The first-order valence-electron chi connectivity index (χ1n) is 11.4. The smallest absolute Gasteiger partial charge is 0.253 e. The number of rotatable bonds is 7. The minimum Gasteiger partial charge on any atom is -0.336 e. The first-order chi connectivity index (χ1) is 16.3. The molecule has 0 bridgehead atoms. The summed E-state index contributed by atoms with van der Waals surface area (Å²) in [4.78, 5) is 22.1. The molecule has 1 aliphatic rings. The van der Waals surface area contributed by atoms with E-state index < -0.39 is 10.0 Å². The van der Waals surface area contributed by atoms with Gasteiger partial charge in [0.05, 0.1) is 10.6 Å². The molecule has 2 aromatic carbocycles. The zero-order chi connectivity index (χ0) is 24.3. The SMILES string of the molecule is CC(C)N(C)S(=O)(=O)c1ccc(C(=O)N2CCN(Cc3csc(-c4ccccc4)n3)CC2)cc1. The lowest BCUT2D eigenvalue weighted by molar-refractivity contribution is 0.0627. The Morgan fingerprint density at radius 3 is 2.29 bits per heavy atom. The highest BCUT2D eigenvalue weighted by molar-refractivity contribution is 7.89. The Bertz CT molecular complexity index is 1220. The molecule has 1 saturated heterocycles. The first kappa shape index (κ1) is 24.5. The number of thiazole rings is 1. The number of piperazine rings is 1. The normalized spacial score (nSPS) is 15.3. The van der Waals surface area contributed by atoms with Crippen LogP contribution in [0.4, 0.5) is 0 Å². The third-order valence-electron chi connectivity index (χ3n) is 6.12. The standard InChI is InChI=1S/C25H30N4O3S2/c1-19(2)27(3)34(31,32)23-11-9-21(10-12-23)25(30)29-15-13-28(14-16-29)17-22-18-33-24(26-22)20-7-5-4-6-8-20/h4-12,18-19H,13-17H2,1-3H3. The van der Waals surface area contributed by atoms with Gasteiger partial charge in [-0.2, -0.15) is 4.31 Å². The molecule has 0 saturated carbocycles. The van der Waals surface area contributed by atoms with Gasteiger partial charge in [-0.25, -0.2) is 13.4 Å². The Hall–Kier alpha value is -2.59. The van der Waals surface area contributed by atoms with Crippen molar-refractivity contribution in [2.24, 2.45) is 0 Å². The number of nitrogens with zero attached hydrogens (tertiary/aromatic N) is 4. The fourth-order valence-electron chi connectivity index (χ4n) is 3.83. The molecule has 0 unspecified atom stereocenters. The van der Waals surface area contributed by atoms with Gasteiger partial charge in [0.1, 0.15) is 5.01 Å². The van der Waals surface area contributed by atoms with Gasteiger partial charge in [0, 0.05) is 62.3 Å². The number of carbonyl (C=O) groups is 1. The molecular formula is C25H30N4O3S2. The number of amides is 1. The number of hydrogen-bond donors (Lipinski definition) is 0. The molecule has 0 N–H and O–H groups in total. The third kappa shape index (κ3) is 5.38. The summed E-state index contributed by atoms with van der Waals surface area (Å²) in [5, 5.41) is 3.13. The maximum absolute atomic E-state index is 13.0. The van der Waals surface area contributed by atoms with Gasteiger partial charge in [-0.3, -0.25) is 9.69 Å². The summed E-state index contributed by atoms with van der Waals surface area (Å²) in [6.07, 6.45) is 0. The topological polar surface area (TPSA) is 73.8 Å². The van der Waals surface area contributed by atoms with E-state index in [0.29, 0.717) is 18.7 Å². The maximum atomic E-state index is 13.0. The molecule has 1 aromatic heterocycles. The van der Waals surface area contributed by atoms with Crippen LogP contribution in [0.15, 0.2) is 64.9 Å². The quantitative estimate of drug-likeness (QED) is 0.496. The molecule has 1 amide bonds. The fourth-order valence-corrected chi connectivity index (χ4v) is 6.01. The summed E-state index contributed by atoms with van der Waals surface area (Å²) in [6.45, 7) is 7.22. The lowest BCUT2D eigenvalue weighted by atomic mass is 10.2. The minimum atomic E-state index is -3.56. The molecule has 1 fully saturated rings. The minimum absolute atomic E-state index is 0.0687. The lowest BCUT2D eigenvalue weighted by Crippen LogP contribution is -2.48. The van der Waals surface area contributed by atoms with Gasteiger partial charge < -0.3 is 4.90 Å². The van der Waals surface area contributed by atoms with Crippen LogP contribution in [0.25, 0.3) is 10.6 Å². The summed E-state index contributed by atoms with van der Waals surface area (Å²) in [5.74, 6) is -0.0687. The van der Waals surface area contributed by atoms with E-state index >= 15 is 0 Å². The Morgan fingerprint density at radius 2 is 1.68 bits per heavy atom. The van der Waals surface area contributed by atoms with E-state index in [1.54, 1.807) is 30.5 Å². The van der Waals surface area contributed by atoms with E-state index in [1.807, 2.05) is 36.9 Å².